The van der Waals surface area contributed by atoms with Gasteiger partial charge in [-0.05, 0) is 17.5 Å². The number of aliphatic hydroxyl groups is 1. The Morgan fingerprint density at radius 3 is 2.32 bits per heavy atom. The van der Waals surface area contributed by atoms with Crippen LogP contribution in [0, 0.1) is 5.41 Å². The van der Waals surface area contributed by atoms with Crippen LogP contribution in [0.5, 0.6) is 0 Å². The fourth-order valence-corrected chi connectivity index (χ4v) is 3.50. The van der Waals surface area contributed by atoms with Gasteiger partial charge in [-0.25, -0.2) is 13.1 Å². The van der Waals surface area contributed by atoms with Gasteiger partial charge in [0.2, 0.25) is 10.0 Å². The molecule has 1 aromatic carbocycles. The smallest absolute Gasteiger partial charge is 0.242 e. The summed E-state index contributed by atoms with van der Waals surface area (Å²) in [5.74, 6) is 0. The maximum Gasteiger partial charge on any atom is 0.242 e. The van der Waals surface area contributed by atoms with Gasteiger partial charge >= 0.3 is 0 Å². The van der Waals surface area contributed by atoms with Crippen molar-refractivity contribution in [3.05, 3.63) is 27.7 Å². The van der Waals surface area contributed by atoms with Crippen LogP contribution in [0.3, 0.4) is 0 Å². The zero-order valence-electron chi connectivity index (χ0n) is 11.0. The Kier molecular flexibility index (Phi) is 5.26. The molecule has 0 radical (unpaired) electrons. The van der Waals surface area contributed by atoms with Gasteiger partial charge in [0, 0.05) is 17.1 Å². The molecule has 19 heavy (non-hydrogen) atoms. The lowest BCUT2D eigenvalue weighted by molar-refractivity contribution is 0.281. The molecule has 0 fully saturated rings. The van der Waals surface area contributed by atoms with Gasteiger partial charge in [0.1, 0.15) is 4.90 Å². The molecular formula is C12H17Cl2NO3S. The summed E-state index contributed by atoms with van der Waals surface area (Å²) in [6.07, 6.45) is 0. The quantitative estimate of drug-likeness (QED) is 0.894. The van der Waals surface area contributed by atoms with Gasteiger partial charge in [0.05, 0.1) is 11.6 Å². The second-order valence-corrected chi connectivity index (χ2v) is 7.90. The van der Waals surface area contributed by atoms with Gasteiger partial charge < -0.3 is 5.11 Å². The van der Waals surface area contributed by atoms with Crippen LogP contribution in [-0.4, -0.2) is 20.1 Å². The van der Waals surface area contributed by atoms with E-state index in [0.29, 0.717) is 0 Å². The Morgan fingerprint density at radius 2 is 1.84 bits per heavy atom. The highest BCUT2D eigenvalue weighted by atomic mass is 35.5. The lowest BCUT2D eigenvalue weighted by Gasteiger charge is -2.19. The summed E-state index contributed by atoms with van der Waals surface area (Å²) < 4.78 is 26.8. The highest BCUT2D eigenvalue weighted by molar-refractivity contribution is 7.89. The molecule has 0 spiro atoms. The number of hydrogen-bond donors (Lipinski definition) is 2. The Bertz CT molecular complexity index is 565. The van der Waals surface area contributed by atoms with Crippen molar-refractivity contribution in [2.75, 3.05) is 6.54 Å². The van der Waals surface area contributed by atoms with Crippen LogP contribution in [0.15, 0.2) is 17.0 Å². The summed E-state index contributed by atoms with van der Waals surface area (Å²) in [4.78, 5) is -0.0770. The summed E-state index contributed by atoms with van der Waals surface area (Å²) >= 11 is 11.8. The van der Waals surface area contributed by atoms with Crippen molar-refractivity contribution < 1.29 is 13.5 Å². The van der Waals surface area contributed by atoms with E-state index < -0.39 is 16.6 Å². The third-order valence-electron chi connectivity index (χ3n) is 2.39. The molecule has 0 atom stereocenters. The Morgan fingerprint density at radius 1 is 1.26 bits per heavy atom. The van der Waals surface area contributed by atoms with Crippen LogP contribution in [0.25, 0.3) is 0 Å². The lowest BCUT2D eigenvalue weighted by atomic mass is 9.98. The number of rotatable bonds is 4. The van der Waals surface area contributed by atoms with Gasteiger partial charge in [0.25, 0.3) is 0 Å². The number of halogens is 2. The van der Waals surface area contributed by atoms with E-state index in [1.807, 2.05) is 20.8 Å². The van der Waals surface area contributed by atoms with Crippen molar-refractivity contribution in [3.63, 3.8) is 0 Å². The van der Waals surface area contributed by atoms with Crippen LogP contribution in [0.4, 0.5) is 0 Å². The second kappa shape index (κ2) is 5.97. The summed E-state index contributed by atoms with van der Waals surface area (Å²) in [6, 6.07) is 2.74. The van der Waals surface area contributed by atoms with Crippen molar-refractivity contribution in [3.8, 4) is 0 Å². The summed E-state index contributed by atoms with van der Waals surface area (Å²) in [6.45, 7) is 5.61. The first-order valence-electron chi connectivity index (χ1n) is 5.66. The van der Waals surface area contributed by atoms with E-state index in [9.17, 15) is 8.42 Å². The van der Waals surface area contributed by atoms with Crippen LogP contribution in [-0.2, 0) is 16.6 Å². The van der Waals surface area contributed by atoms with E-state index in [1.54, 1.807) is 0 Å². The van der Waals surface area contributed by atoms with E-state index in [2.05, 4.69) is 4.72 Å². The first kappa shape index (κ1) is 16.7. The number of nitrogens with one attached hydrogen (secondary N) is 1. The van der Waals surface area contributed by atoms with Crippen molar-refractivity contribution in [2.45, 2.75) is 32.3 Å². The number of sulfonamides is 1. The molecule has 4 nitrogen and oxygen atoms in total. The number of aliphatic hydroxyl groups excluding tert-OH is 1. The topological polar surface area (TPSA) is 66.4 Å². The molecule has 1 aromatic rings. The second-order valence-electron chi connectivity index (χ2n) is 5.38. The number of benzene rings is 1. The fraction of sp³-hybridized carbons (Fsp3) is 0.500. The molecule has 0 aliphatic heterocycles. The summed E-state index contributed by atoms with van der Waals surface area (Å²) in [5, 5.41) is 9.36. The Labute approximate surface area is 123 Å². The van der Waals surface area contributed by atoms with Crippen molar-refractivity contribution in [2.24, 2.45) is 5.41 Å². The minimum Gasteiger partial charge on any atom is -0.392 e. The van der Waals surface area contributed by atoms with Crippen molar-refractivity contribution in [1.82, 2.24) is 4.72 Å². The van der Waals surface area contributed by atoms with Crippen LogP contribution < -0.4 is 4.72 Å². The van der Waals surface area contributed by atoms with E-state index in [1.165, 1.54) is 12.1 Å². The van der Waals surface area contributed by atoms with Crippen LogP contribution in [0.1, 0.15) is 26.3 Å². The highest BCUT2D eigenvalue weighted by Gasteiger charge is 2.23. The largest absolute Gasteiger partial charge is 0.392 e. The van der Waals surface area contributed by atoms with Crippen molar-refractivity contribution >= 4 is 33.2 Å². The maximum atomic E-state index is 12.2. The van der Waals surface area contributed by atoms with Crippen molar-refractivity contribution in [1.29, 1.82) is 0 Å². The Hall–Kier alpha value is -0.330. The summed E-state index contributed by atoms with van der Waals surface area (Å²) in [5.41, 5.74) is 0.0214. The van der Waals surface area contributed by atoms with E-state index >= 15 is 0 Å². The SMILES string of the molecule is CC(C)(C)CNS(=O)(=O)c1ccc(Cl)c(CO)c1Cl. The van der Waals surface area contributed by atoms with E-state index in [4.69, 9.17) is 28.3 Å². The molecule has 0 saturated carbocycles. The molecule has 2 N–H and O–H groups in total. The zero-order chi connectivity index (χ0) is 14.8. The lowest BCUT2D eigenvalue weighted by Crippen LogP contribution is -2.32. The van der Waals surface area contributed by atoms with Crippen LogP contribution in [0.2, 0.25) is 10.0 Å². The molecule has 0 amide bonds. The molecule has 0 heterocycles. The minimum absolute atomic E-state index is 0.0450. The van der Waals surface area contributed by atoms with Gasteiger partial charge in [-0.3, -0.25) is 0 Å². The first-order chi connectivity index (χ1) is 8.58. The maximum absolute atomic E-state index is 12.2. The summed E-state index contributed by atoms with van der Waals surface area (Å²) in [7, 11) is -3.73. The third-order valence-corrected chi connectivity index (χ3v) is 4.73. The highest BCUT2D eigenvalue weighted by Crippen LogP contribution is 2.31. The standard InChI is InChI=1S/C12H17Cl2NO3S/c1-12(2,3)7-15-19(17,18)10-5-4-9(13)8(6-16)11(10)14/h4-5,15-16H,6-7H2,1-3H3. The average molecular weight is 326 g/mol. The fourth-order valence-electron chi connectivity index (χ4n) is 1.32. The molecule has 0 aliphatic carbocycles. The van der Waals surface area contributed by atoms with Crippen LogP contribution >= 0.6 is 23.2 Å². The molecule has 0 aliphatic rings. The third kappa shape index (κ3) is 4.33. The molecule has 0 saturated heterocycles. The van der Waals surface area contributed by atoms with Gasteiger partial charge in [0.15, 0.2) is 0 Å². The zero-order valence-corrected chi connectivity index (χ0v) is 13.3. The molecule has 108 valence electrons. The molecule has 1 rings (SSSR count). The van der Waals surface area contributed by atoms with Gasteiger partial charge in [-0.2, -0.15) is 0 Å². The predicted octanol–water partition coefficient (Wildman–Crippen LogP) is 2.81. The first-order valence-corrected chi connectivity index (χ1v) is 7.90. The predicted molar refractivity (Wildman–Crippen MR) is 77.0 cm³/mol. The monoisotopic (exact) mass is 325 g/mol. The van der Waals surface area contributed by atoms with Gasteiger partial charge in [-0.1, -0.05) is 44.0 Å². The van der Waals surface area contributed by atoms with E-state index in [-0.39, 0.29) is 32.5 Å². The molecule has 0 unspecified atom stereocenters. The molecule has 0 aromatic heterocycles. The normalized spacial score (nSPS) is 12.7. The van der Waals surface area contributed by atoms with E-state index in [0.717, 1.165) is 0 Å². The molecular weight excluding hydrogens is 309 g/mol. The number of hydrogen-bond acceptors (Lipinski definition) is 3. The molecule has 0 bridgehead atoms. The Balaban J connectivity index is 3.16. The van der Waals surface area contributed by atoms with Gasteiger partial charge in [-0.15, -0.1) is 0 Å². The average Bonchev–Trinajstić information content (AvgIpc) is 2.26. The molecule has 7 heteroatoms. The minimum atomic E-state index is -3.73.